The van der Waals surface area contributed by atoms with E-state index in [1.807, 2.05) is 6.92 Å². The predicted octanol–water partition coefficient (Wildman–Crippen LogP) is 2.44. The van der Waals surface area contributed by atoms with Crippen LogP contribution >= 0.6 is 0 Å². The fourth-order valence-electron chi connectivity index (χ4n) is 1.49. The van der Waals surface area contributed by atoms with Crippen molar-refractivity contribution >= 4 is 0 Å². The summed E-state index contributed by atoms with van der Waals surface area (Å²) in [5, 5.41) is 9.49. The average Bonchev–Trinajstić information content (AvgIpc) is 1.88. The molecule has 0 aliphatic heterocycles. The van der Waals surface area contributed by atoms with Gasteiger partial charge in [0.1, 0.15) is 0 Å². The molecule has 1 nitrogen and oxygen atoms in total. The number of aliphatic hydroxyl groups is 1. The summed E-state index contributed by atoms with van der Waals surface area (Å²) in [4.78, 5) is 0. The first-order valence-electron chi connectivity index (χ1n) is 4.31. The molecule has 0 radical (unpaired) electrons. The second-order valence-electron chi connectivity index (χ2n) is 3.29. The Kier molecular flexibility index (Phi) is 4.71. The van der Waals surface area contributed by atoms with Gasteiger partial charge in [0.15, 0.2) is 0 Å². The van der Waals surface area contributed by atoms with Crippen molar-refractivity contribution in [2.24, 2.45) is 11.8 Å². The molecule has 0 aromatic heterocycles. The van der Waals surface area contributed by atoms with Crippen molar-refractivity contribution in [1.29, 1.82) is 0 Å². The zero-order valence-corrected chi connectivity index (χ0v) is 7.59. The van der Waals surface area contributed by atoms with Crippen LogP contribution in [0.25, 0.3) is 0 Å². The summed E-state index contributed by atoms with van der Waals surface area (Å²) in [5.41, 5.74) is 0. The lowest BCUT2D eigenvalue weighted by molar-refractivity contribution is 0.0757. The van der Waals surface area contributed by atoms with E-state index in [0.29, 0.717) is 11.8 Å². The lowest BCUT2D eigenvalue weighted by Crippen LogP contribution is -2.23. The van der Waals surface area contributed by atoms with Gasteiger partial charge in [0.2, 0.25) is 0 Å². The molecule has 10 heavy (non-hydrogen) atoms. The number of hydrogen-bond donors (Lipinski definition) is 1. The zero-order valence-electron chi connectivity index (χ0n) is 7.59. The van der Waals surface area contributed by atoms with E-state index in [1.54, 1.807) is 0 Å². The summed E-state index contributed by atoms with van der Waals surface area (Å²) in [7, 11) is 0. The lowest BCUT2D eigenvalue weighted by Gasteiger charge is -2.23. The summed E-state index contributed by atoms with van der Waals surface area (Å²) < 4.78 is 0. The van der Waals surface area contributed by atoms with Crippen molar-refractivity contribution in [2.75, 3.05) is 0 Å². The van der Waals surface area contributed by atoms with Crippen LogP contribution in [0.5, 0.6) is 0 Å². The molecule has 0 aliphatic rings. The number of aliphatic hydroxyl groups excluding tert-OH is 1. The Morgan fingerprint density at radius 1 is 1.10 bits per heavy atom. The minimum absolute atomic E-state index is 0.0926. The molecule has 2 atom stereocenters. The molecule has 0 aliphatic carbocycles. The Morgan fingerprint density at radius 2 is 1.60 bits per heavy atom. The second-order valence-corrected chi connectivity index (χ2v) is 3.29. The predicted molar refractivity (Wildman–Crippen MR) is 44.9 cm³/mol. The van der Waals surface area contributed by atoms with E-state index in [4.69, 9.17) is 0 Å². The van der Waals surface area contributed by atoms with E-state index in [2.05, 4.69) is 20.8 Å². The monoisotopic (exact) mass is 144 g/mol. The van der Waals surface area contributed by atoms with E-state index >= 15 is 0 Å². The van der Waals surface area contributed by atoms with Crippen molar-refractivity contribution in [3.8, 4) is 0 Å². The first-order chi connectivity index (χ1) is 4.63. The molecule has 0 amide bonds. The Labute approximate surface area is 64.5 Å². The molecule has 0 rings (SSSR count). The van der Waals surface area contributed by atoms with Crippen molar-refractivity contribution in [2.45, 2.75) is 46.6 Å². The van der Waals surface area contributed by atoms with Gasteiger partial charge in [-0.25, -0.2) is 0 Å². The van der Waals surface area contributed by atoms with Gasteiger partial charge in [0, 0.05) is 0 Å². The lowest BCUT2D eigenvalue weighted by atomic mass is 9.87. The molecule has 0 aromatic carbocycles. The minimum Gasteiger partial charge on any atom is -0.393 e. The first kappa shape index (κ1) is 9.96. The van der Waals surface area contributed by atoms with Crippen molar-refractivity contribution in [3.63, 3.8) is 0 Å². The largest absolute Gasteiger partial charge is 0.393 e. The SMILES string of the molecule is CCC(O)C(CC)C(C)C. The highest BCUT2D eigenvalue weighted by molar-refractivity contribution is 4.68. The fraction of sp³-hybridized carbons (Fsp3) is 1.00. The van der Waals surface area contributed by atoms with Crippen molar-refractivity contribution < 1.29 is 5.11 Å². The highest BCUT2D eigenvalue weighted by Crippen LogP contribution is 2.20. The topological polar surface area (TPSA) is 20.2 Å². The summed E-state index contributed by atoms with van der Waals surface area (Å²) >= 11 is 0. The van der Waals surface area contributed by atoms with Crippen LogP contribution in [0.1, 0.15) is 40.5 Å². The fourth-order valence-corrected chi connectivity index (χ4v) is 1.49. The summed E-state index contributed by atoms with van der Waals surface area (Å²) in [6, 6.07) is 0. The molecule has 0 bridgehead atoms. The maximum atomic E-state index is 9.49. The van der Waals surface area contributed by atoms with Gasteiger partial charge in [-0.15, -0.1) is 0 Å². The molecule has 1 heteroatoms. The highest BCUT2D eigenvalue weighted by Gasteiger charge is 2.18. The van der Waals surface area contributed by atoms with Gasteiger partial charge < -0.3 is 5.11 Å². The van der Waals surface area contributed by atoms with Crippen LogP contribution in [-0.4, -0.2) is 11.2 Å². The highest BCUT2D eigenvalue weighted by atomic mass is 16.3. The molecule has 2 unspecified atom stereocenters. The molecule has 0 saturated carbocycles. The van der Waals surface area contributed by atoms with Gasteiger partial charge in [0.05, 0.1) is 6.10 Å². The van der Waals surface area contributed by atoms with Crippen LogP contribution in [0.2, 0.25) is 0 Å². The van der Waals surface area contributed by atoms with Crippen molar-refractivity contribution in [3.05, 3.63) is 0 Å². The van der Waals surface area contributed by atoms with Crippen LogP contribution in [0.3, 0.4) is 0 Å². The van der Waals surface area contributed by atoms with Crippen molar-refractivity contribution in [1.82, 2.24) is 0 Å². The Bertz CT molecular complexity index is 78.8. The third-order valence-corrected chi connectivity index (χ3v) is 2.24. The average molecular weight is 144 g/mol. The smallest absolute Gasteiger partial charge is 0.0568 e. The zero-order chi connectivity index (χ0) is 8.15. The maximum Gasteiger partial charge on any atom is 0.0568 e. The summed E-state index contributed by atoms with van der Waals surface area (Å²) in [5.74, 6) is 1.10. The minimum atomic E-state index is -0.0926. The number of rotatable bonds is 4. The van der Waals surface area contributed by atoms with E-state index in [-0.39, 0.29) is 6.10 Å². The second kappa shape index (κ2) is 4.73. The number of hydrogen-bond acceptors (Lipinski definition) is 1. The van der Waals surface area contributed by atoms with Crippen LogP contribution in [0.15, 0.2) is 0 Å². The van der Waals surface area contributed by atoms with Crippen LogP contribution in [0, 0.1) is 11.8 Å². The standard InChI is InChI=1S/C9H20O/c1-5-8(7(3)4)9(10)6-2/h7-10H,5-6H2,1-4H3. The molecule has 62 valence electrons. The van der Waals surface area contributed by atoms with Gasteiger partial charge in [-0.1, -0.05) is 34.1 Å². The molecular weight excluding hydrogens is 124 g/mol. The Morgan fingerprint density at radius 3 is 1.70 bits per heavy atom. The van der Waals surface area contributed by atoms with Gasteiger partial charge >= 0.3 is 0 Å². The normalized spacial score (nSPS) is 17.4. The van der Waals surface area contributed by atoms with Gasteiger partial charge in [-0.3, -0.25) is 0 Å². The van der Waals surface area contributed by atoms with E-state index in [1.165, 1.54) is 0 Å². The van der Waals surface area contributed by atoms with Crippen LogP contribution < -0.4 is 0 Å². The molecule has 0 fully saturated rings. The Balaban J connectivity index is 3.80. The third-order valence-electron chi connectivity index (χ3n) is 2.24. The Hall–Kier alpha value is -0.0400. The quantitative estimate of drug-likeness (QED) is 0.642. The maximum absolute atomic E-state index is 9.49. The summed E-state index contributed by atoms with van der Waals surface area (Å²) in [6.07, 6.45) is 1.88. The first-order valence-corrected chi connectivity index (χ1v) is 4.31. The van der Waals surface area contributed by atoms with E-state index in [9.17, 15) is 5.11 Å². The third kappa shape index (κ3) is 2.70. The van der Waals surface area contributed by atoms with E-state index in [0.717, 1.165) is 12.8 Å². The van der Waals surface area contributed by atoms with Gasteiger partial charge in [0.25, 0.3) is 0 Å². The summed E-state index contributed by atoms with van der Waals surface area (Å²) in [6.45, 7) is 8.53. The molecule has 0 saturated heterocycles. The molecule has 0 heterocycles. The van der Waals surface area contributed by atoms with Crippen LogP contribution in [0.4, 0.5) is 0 Å². The van der Waals surface area contributed by atoms with Gasteiger partial charge in [-0.2, -0.15) is 0 Å². The molecule has 1 N–H and O–H groups in total. The van der Waals surface area contributed by atoms with E-state index < -0.39 is 0 Å². The molecule has 0 spiro atoms. The molecular formula is C9H20O. The molecule has 0 aromatic rings. The van der Waals surface area contributed by atoms with Gasteiger partial charge in [-0.05, 0) is 18.3 Å². The van der Waals surface area contributed by atoms with Crippen LogP contribution in [-0.2, 0) is 0 Å².